The van der Waals surface area contributed by atoms with Gasteiger partial charge >= 0.3 is 0 Å². The van der Waals surface area contributed by atoms with E-state index in [-0.39, 0.29) is 0 Å². The van der Waals surface area contributed by atoms with Gasteiger partial charge in [0.15, 0.2) is 0 Å². The third kappa shape index (κ3) is 1.82. The molecule has 1 aromatic rings. The van der Waals surface area contributed by atoms with E-state index in [0.29, 0.717) is 10.6 Å². The Labute approximate surface area is 94.4 Å². The fourth-order valence-electron chi connectivity index (χ4n) is 2.19. The SMILES string of the molecule is Clc1ccc(N2CCNC3(CC3)C2)nc1. The van der Waals surface area contributed by atoms with Crippen molar-refractivity contribution in [3.8, 4) is 0 Å². The number of hydrogen-bond donors (Lipinski definition) is 1. The molecule has 2 heterocycles. The summed E-state index contributed by atoms with van der Waals surface area (Å²) in [6, 6.07) is 3.91. The molecular weight excluding hydrogens is 210 g/mol. The summed E-state index contributed by atoms with van der Waals surface area (Å²) in [7, 11) is 0. The van der Waals surface area contributed by atoms with Gasteiger partial charge in [-0.2, -0.15) is 0 Å². The van der Waals surface area contributed by atoms with Crippen molar-refractivity contribution in [3.05, 3.63) is 23.4 Å². The molecule has 1 aromatic heterocycles. The van der Waals surface area contributed by atoms with Gasteiger partial charge in [-0.3, -0.25) is 0 Å². The number of piperazine rings is 1. The summed E-state index contributed by atoms with van der Waals surface area (Å²) in [5.41, 5.74) is 0.402. The Kier molecular flexibility index (Phi) is 2.11. The highest BCUT2D eigenvalue weighted by molar-refractivity contribution is 6.30. The first kappa shape index (κ1) is 9.43. The molecule has 0 radical (unpaired) electrons. The fourth-order valence-corrected chi connectivity index (χ4v) is 2.30. The number of nitrogens with zero attached hydrogens (tertiary/aromatic N) is 2. The zero-order chi connectivity index (χ0) is 10.3. The van der Waals surface area contributed by atoms with E-state index in [1.54, 1.807) is 6.20 Å². The van der Waals surface area contributed by atoms with Crippen LogP contribution in [-0.4, -0.2) is 30.2 Å². The maximum atomic E-state index is 5.83. The van der Waals surface area contributed by atoms with Crippen LogP contribution in [0.1, 0.15) is 12.8 Å². The van der Waals surface area contributed by atoms with Gasteiger partial charge in [0, 0.05) is 31.4 Å². The first-order valence-corrected chi connectivity index (χ1v) is 5.77. The van der Waals surface area contributed by atoms with Crippen molar-refractivity contribution in [3.63, 3.8) is 0 Å². The van der Waals surface area contributed by atoms with Crippen molar-refractivity contribution in [2.45, 2.75) is 18.4 Å². The molecular formula is C11H14ClN3. The van der Waals surface area contributed by atoms with Crippen LogP contribution in [0, 0.1) is 0 Å². The van der Waals surface area contributed by atoms with E-state index < -0.39 is 0 Å². The Morgan fingerprint density at radius 3 is 2.93 bits per heavy atom. The summed E-state index contributed by atoms with van der Waals surface area (Å²) in [4.78, 5) is 6.71. The van der Waals surface area contributed by atoms with E-state index in [2.05, 4.69) is 15.2 Å². The van der Waals surface area contributed by atoms with E-state index in [1.165, 1.54) is 12.8 Å². The van der Waals surface area contributed by atoms with E-state index in [9.17, 15) is 0 Å². The normalized spacial score (nSPS) is 23.1. The third-order valence-electron chi connectivity index (χ3n) is 3.26. The predicted molar refractivity (Wildman–Crippen MR) is 61.4 cm³/mol. The Morgan fingerprint density at radius 2 is 2.27 bits per heavy atom. The molecule has 1 spiro atoms. The van der Waals surface area contributed by atoms with Gasteiger partial charge in [0.05, 0.1) is 5.02 Å². The molecule has 1 saturated carbocycles. The topological polar surface area (TPSA) is 28.2 Å². The van der Waals surface area contributed by atoms with Crippen LogP contribution in [0.15, 0.2) is 18.3 Å². The Balaban J connectivity index is 1.78. The van der Waals surface area contributed by atoms with Gasteiger partial charge in [0.2, 0.25) is 0 Å². The summed E-state index contributed by atoms with van der Waals surface area (Å²) in [6.07, 6.45) is 4.33. The lowest BCUT2D eigenvalue weighted by atomic mass is 10.2. The lowest BCUT2D eigenvalue weighted by molar-refractivity contribution is 0.440. The molecule has 15 heavy (non-hydrogen) atoms. The van der Waals surface area contributed by atoms with Crippen LogP contribution in [0.25, 0.3) is 0 Å². The van der Waals surface area contributed by atoms with Crippen LogP contribution in [0.5, 0.6) is 0 Å². The lowest BCUT2D eigenvalue weighted by Crippen LogP contribution is -2.52. The molecule has 0 bridgehead atoms. The monoisotopic (exact) mass is 223 g/mol. The third-order valence-corrected chi connectivity index (χ3v) is 3.49. The van der Waals surface area contributed by atoms with Crippen molar-refractivity contribution in [2.24, 2.45) is 0 Å². The number of rotatable bonds is 1. The summed E-state index contributed by atoms with van der Waals surface area (Å²) in [5.74, 6) is 1.05. The minimum atomic E-state index is 0.402. The average Bonchev–Trinajstić information content (AvgIpc) is 2.99. The summed E-state index contributed by atoms with van der Waals surface area (Å²) in [5, 5.41) is 4.29. The molecule has 2 aliphatic rings. The van der Waals surface area contributed by atoms with Crippen molar-refractivity contribution >= 4 is 17.4 Å². The first-order chi connectivity index (χ1) is 7.27. The molecule has 3 nitrogen and oxygen atoms in total. The zero-order valence-electron chi connectivity index (χ0n) is 8.54. The van der Waals surface area contributed by atoms with Crippen molar-refractivity contribution < 1.29 is 0 Å². The molecule has 0 atom stereocenters. The minimum Gasteiger partial charge on any atom is -0.353 e. The largest absolute Gasteiger partial charge is 0.353 e. The predicted octanol–water partition coefficient (Wildman–Crippen LogP) is 1.68. The van der Waals surface area contributed by atoms with E-state index in [4.69, 9.17) is 11.6 Å². The summed E-state index contributed by atoms with van der Waals surface area (Å²) < 4.78 is 0. The minimum absolute atomic E-state index is 0.402. The Bertz CT molecular complexity index is 359. The summed E-state index contributed by atoms with van der Waals surface area (Å²) in [6.45, 7) is 3.18. The van der Waals surface area contributed by atoms with Crippen LogP contribution >= 0.6 is 11.6 Å². The fraction of sp³-hybridized carbons (Fsp3) is 0.545. The van der Waals surface area contributed by atoms with E-state index in [0.717, 1.165) is 25.5 Å². The number of anilines is 1. The number of hydrogen-bond acceptors (Lipinski definition) is 3. The molecule has 1 N–H and O–H groups in total. The van der Waals surface area contributed by atoms with Gasteiger partial charge < -0.3 is 10.2 Å². The molecule has 2 fully saturated rings. The standard InChI is InChI=1S/C11H14ClN3/c12-9-1-2-10(13-7-9)15-6-5-14-11(8-15)3-4-11/h1-2,7,14H,3-6,8H2. The highest BCUT2D eigenvalue weighted by atomic mass is 35.5. The van der Waals surface area contributed by atoms with Gasteiger partial charge in [-0.15, -0.1) is 0 Å². The molecule has 1 aliphatic heterocycles. The molecule has 0 amide bonds. The van der Waals surface area contributed by atoms with Crippen LogP contribution in [0.3, 0.4) is 0 Å². The van der Waals surface area contributed by atoms with Crippen LogP contribution in [0.4, 0.5) is 5.82 Å². The maximum absolute atomic E-state index is 5.83. The summed E-state index contributed by atoms with van der Waals surface area (Å²) >= 11 is 5.83. The van der Waals surface area contributed by atoms with Crippen LogP contribution < -0.4 is 10.2 Å². The van der Waals surface area contributed by atoms with Gasteiger partial charge in [0.25, 0.3) is 0 Å². The molecule has 1 saturated heterocycles. The molecule has 0 aromatic carbocycles. The zero-order valence-corrected chi connectivity index (χ0v) is 9.30. The number of pyridine rings is 1. The molecule has 4 heteroatoms. The molecule has 80 valence electrons. The second-order valence-electron chi connectivity index (χ2n) is 4.46. The second kappa shape index (κ2) is 3.35. The van der Waals surface area contributed by atoms with Crippen LogP contribution in [-0.2, 0) is 0 Å². The second-order valence-corrected chi connectivity index (χ2v) is 4.90. The molecule has 3 rings (SSSR count). The van der Waals surface area contributed by atoms with Crippen molar-refractivity contribution in [1.29, 1.82) is 0 Å². The Morgan fingerprint density at radius 1 is 1.40 bits per heavy atom. The lowest BCUT2D eigenvalue weighted by Gasteiger charge is -2.34. The first-order valence-electron chi connectivity index (χ1n) is 5.39. The smallest absolute Gasteiger partial charge is 0.128 e. The van der Waals surface area contributed by atoms with E-state index >= 15 is 0 Å². The highest BCUT2D eigenvalue weighted by Crippen LogP contribution is 2.38. The number of halogens is 1. The van der Waals surface area contributed by atoms with Crippen molar-refractivity contribution in [2.75, 3.05) is 24.5 Å². The van der Waals surface area contributed by atoms with Gasteiger partial charge in [-0.25, -0.2) is 4.98 Å². The van der Waals surface area contributed by atoms with Gasteiger partial charge in [-0.1, -0.05) is 11.6 Å². The average molecular weight is 224 g/mol. The highest BCUT2D eigenvalue weighted by Gasteiger charge is 2.45. The maximum Gasteiger partial charge on any atom is 0.128 e. The van der Waals surface area contributed by atoms with Gasteiger partial charge in [-0.05, 0) is 25.0 Å². The molecule has 0 unspecified atom stereocenters. The van der Waals surface area contributed by atoms with E-state index in [1.807, 2.05) is 12.1 Å². The Hall–Kier alpha value is -0.800. The van der Waals surface area contributed by atoms with Crippen molar-refractivity contribution in [1.82, 2.24) is 10.3 Å². The number of aromatic nitrogens is 1. The quantitative estimate of drug-likeness (QED) is 0.785. The van der Waals surface area contributed by atoms with Gasteiger partial charge in [0.1, 0.15) is 5.82 Å². The molecule has 1 aliphatic carbocycles. The van der Waals surface area contributed by atoms with Crippen LogP contribution in [0.2, 0.25) is 5.02 Å². The number of nitrogens with one attached hydrogen (secondary N) is 1.